The maximum atomic E-state index is 14.4. The van der Waals surface area contributed by atoms with Crippen molar-refractivity contribution in [2.45, 2.75) is 204 Å². The Hall–Kier alpha value is -1.05. The molecule has 0 bridgehead atoms. The Balaban J connectivity index is 1.79. The highest BCUT2D eigenvalue weighted by molar-refractivity contribution is 5.73. The number of likely N-dealkylation sites (tertiary alicyclic amines) is 1. The number of ether oxygens (including phenoxy) is 6. The van der Waals surface area contributed by atoms with Gasteiger partial charge in [0.05, 0.1) is 35.9 Å². The number of hydrogen-bond donors (Lipinski definition) is 6. The van der Waals surface area contributed by atoms with Crippen LogP contribution in [-0.4, -0.2) is 178 Å². The number of β-amino-alcohol motifs (C(OH)–C–C–N with tert-alkyl or cyclic N) is 1. The van der Waals surface area contributed by atoms with Crippen molar-refractivity contribution >= 4 is 5.97 Å². The van der Waals surface area contributed by atoms with Crippen molar-refractivity contribution in [2.75, 3.05) is 47.4 Å². The summed E-state index contributed by atoms with van der Waals surface area (Å²) in [6, 6.07) is -0.872. The fourth-order valence-corrected chi connectivity index (χ4v) is 10.2. The molecule has 15 heteroatoms. The Morgan fingerprint density at radius 2 is 1.57 bits per heavy atom. The number of aliphatic hydroxyl groups is 5. The molecule has 4 aliphatic heterocycles. The first-order chi connectivity index (χ1) is 26.9. The van der Waals surface area contributed by atoms with E-state index < -0.39 is 95.5 Å². The lowest BCUT2D eigenvalue weighted by Gasteiger charge is -2.55. The summed E-state index contributed by atoms with van der Waals surface area (Å²) in [5, 5.41) is 63.0. The Bertz CT molecular complexity index is 1300. The number of rotatable bonds is 9. The molecule has 58 heavy (non-hydrogen) atoms. The molecule has 15 nitrogen and oxygen atoms in total. The second-order valence-corrected chi connectivity index (χ2v) is 19.4. The molecule has 340 valence electrons. The lowest BCUT2D eigenvalue weighted by atomic mass is 9.74. The summed E-state index contributed by atoms with van der Waals surface area (Å²) in [6.45, 7) is 20.3. The second kappa shape index (κ2) is 20.0. The third kappa shape index (κ3) is 10.9. The molecular formula is C43H81N3O12. The van der Waals surface area contributed by atoms with E-state index in [9.17, 15) is 30.3 Å². The SMILES string of the molecule is CC[C@H]1OC(=O)[C@H](C)[C@@H](O[C@H]2C[C@@](C)(OC)[C@@](O)(CN3CCCCC3)[C@H](C)O2)[C@H](C)[C@@H](O[C@@H]2O[C@H](C)C[C@H](N(C)C)[C@H]2O)[C@@](C)(O)C[C@@H](C)CN[C@H](C)[C@@H](O)[C@]1(C)O. The molecule has 0 unspecified atom stereocenters. The van der Waals surface area contributed by atoms with Crippen LogP contribution in [0.2, 0.25) is 0 Å². The Morgan fingerprint density at radius 3 is 2.16 bits per heavy atom. The maximum absolute atomic E-state index is 14.4. The van der Waals surface area contributed by atoms with Crippen LogP contribution in [0.25, 0.3) is 0 Å². The van der Waals surface area contributed by atoms with Gasteiger partial charge in [-0.05, 0) is 120 Å². The molecule has 0 radical (unpaired) electrons. The summed E-state index contributed by atoms with van der Waals surface area (Å²) in [5.41, 5.74) is -5.88. The monoisotopic (exact) mass is 832 g/mol. The normalized spacial score (nSPS) is 48.6. The van der Waals surface area contributed by atoms with Gasteiger partial charge in [-0.1, -0.05) is 27.2 Å². The fourth-order valence-electron chi connectivity index (χ4n) is 10.2. The van der Waals surface area contributed by atoms with E-state index in [2.05, 4.69) is 10.2 Å². The highest BCUT2D eigenvalue weighted by Gasteiger charge is 2.59. The van der Waals surface area contributed by atoms with E-state index >= 15 is 0 Å². The number of piperidine rings is 1. The molecule has 4 rings (SSSR count). The number of methoxy groups -OCH3 is 1. The van der Waals surface area contributed by atoms with Gasteiger partial charge in [0, 0.05) is 38.1 Å². The Kier molecular flexibility index (Phi) is 17.1. The molecule has 0 saturated carbocycles. The molecular weight excluding hydrogens is 750 g/mol. The third-order valence-electron chi connectivity index (χ3n) is 14.1. The van der Waals surface area contributed by atoms with Gasteiger partial charge in [-0.15, -0.1) is 0 Å². The van der Waals surface area contributed by atoms with Gasteiger partial charge in [-0.2, -0.15) is 0 Å². The van der Waals surface area contributed by atoms with Gasteiger partial charge in [0.25, 0.3) is 0 Å². The summed E-state index contributed by atoms with van der Waals surface area (Å²) in [7, 11) is 5.36. The Labute approximate surface area is 348 Å². The number of hydrogen-bond acceptors (Lipinski definition) is 15. The Morgan fingerprint density at radius 1 is 0.931 bits per heavy atom. The molecule has 18 atom stereocenters. The first-order valence-electron chi connectivity index (χ1n) is 21.9. The minimum atomic E-state index is -1.81. The topological polar surface area (TPSA) is 192 Å². The molecule has 4 fully saturated rings. The molecule has 0 aliphatic carbocycles. The zero-order valence-corrected chi connectivity index (χ0v) is 37.8. The van der Waals surface area contributed by atoms with E-state index in [1.54, 1.807) is 34.8 Å². The summed E-state index contributed by atoms with van der Waals surface area (Å²) < 4.78 is 38.7. The van der Waals surface area contributed by atoms with Crippen molar-refractivity contribution in [1.29, 1.82) is 0 Å². The number of aliphatic hydroxyl groups excluding tert-OH is 2. The van der Waals surface area contributed by atoms with Crippen LogP contribution in [0.1, 0.15) is 114 Å². The number of carbonyl (C=O) groups excluding carboxylic acids is 1. The lowest BCUT2D eigenvalue weighted by Crippen LogP contribution is -2.70. The van der Waals surface area contributed by atoms with Gasteiger partial charge in [0.1, 0.15) is 35.1 Å². The van der Waals surface area contributed by atoms with E-state index in [0.717, 1.165) is 32.4 Å². The first kappa shape index (κ1) is 49.6. The molecule has 0 amide bonds. The minimum absolute atomic E-state index is 0.122. The number of likely N-dealkylation sites (N-methyl/N-ethyl adjacent to an activating group) is 1. The van der Waals surface area contributed by atoms with Crippen LogP contribution < -0.4 is 5.32 Å². The summed E-state index contributed by atoms with van der Waals surface area (Å²) in [6.07, 6.45) is -4.20. The molecule has 0 aromatic carbocycles. The average Bonchev–Trinajstić information content (AvgIpc) is 3.15. The lowest BCUT2D eigenvalue weighted by molar-refractivity contribution is -0.339. The largest absolute Gasteiger partial charge is 0.459 e. The van der Waals surface area contributed by atoms with E-state index in [1.807, 2.05) is 53.6 Å². The van der Waals surface area contributed by atoms with Crippen LogP contribution in [0.5, 0.6) is 0 Å². The van der Waals surface area contributed by atoms with Gasteiger partial charge < -0.3 is 69.1 Å². The van der Waals surface area contributed by atoms with Gasteiger partial charge >= 0.3 is 5.97 Å². The predicted octanol–water partition coefficient (Wildman–Crippen LogP) is 2.41. The van der Waals surface area contributed by atoms with Crippen LogP contribution >= 0.6 is 0 Å². The number of nitrogens with one attached hydrogen (secondary N) is 1. The number of esters is 1. The van der Waals surface area contributed by atoms with E-state index in [1.165, 1.54) is 6.92 Å². The van der Waals surface area contributed by atoms with E-state index in [4.69, 9.17) is 28.4 Å². The van der Waals surface area contributed by atoms with Crippen LogP contribution in [0, 0.1) is 17.8 Å². The van der Waals surface area contributed by atoms with E-state index in [0.29, 0.717) is 19.5 Å². The average molecular weight is 832 g/mol. The highest BCUT2D eigenvalue weighted by Crippen LogP contribution is 2.44. The molecule has 0 spiro atoms. The minimum Gasteiger partial charge on any atom is -0.459 e. The molecule has 4 heterocycles. The molecule has 0 aromatic rings. The van der Waals surface area contributed by atoms with Crippen molar-refractivity contribution in [3.63, 3.8) is 0 Å². The van der Waals surface area contributed by atoms with E-state index in [-0.39, 0.29) is 37.3 Å². The van der Waals surface area contributed by atoms with Gasteiger partial charge in [-0.3, -0.25) is 4.79 Å². The standard InChI is InChI=1S/C43H81N3O12/c1-14-32-42(10,51)36(48)29(6)44-23-25(2)21-40(8,50)37(58-39-34(47)31(45(11)12)20-26(3)54-39)27(4)35(28(5)38(49)56-32)57-33-22-41(9,53-13)43(52,30(7)55-33)24-46-18-16-15-17-19-46/h25-37,39,44,47-48,50-52H,14-24H2,1-13H3/t25-,26-,27+,28-,29-,30+,31+,32-,33+,34-,35+,36-,37-,39+,40+,41-,42-,43-/m1/s1. The summed E-state index contributed by atoms with van der Waals surface area (Å²) >= 11 is 0. The van der Waals surface area contributed by atoms with Gasteiger partial charge in [0.15, 0.2) is 12.6 Å². The predicted molar refractivity (Wildman–Crippen MR) is 219 cm³/mol. The molecule has 0 aromatic heterocycles. The van der Waals surface area contributed by atoms with Crippen molar-refractivity contribution < 1.29 is 58.7 Å². The first-order valence-corrected chi connectivity index (χ1v) is 21.9. The summed E-state index contributed by atoms with van der Waals surface area (Å²) in [4.78, 5) is 18.6. The van der Waals surface area contributed by atoms with Crippen LogP contribution in [0.15, 0.2) is 0 Å². The number of cyclic esters (lactones) is 1. The van der Waals surface area contributed by atoms with Crippen molar-refractivity contribution in [2.24, 2.45) is 17.8 Å². The fraction of sp³-hybridized carbons (Fsp3) is 0.977. The summed E-state index contributed by atoms with van der Waals surface area (Å²) in [5.74, 6) is -2.64. The van der Waals surface area contributed by atoms with Crippen LogP contribution in [0.4, 0.5) is 0 Å². The quantitative estimate of drug-likeness (QED) is 0.186. The zero-order chi connectivity index (χ0) is 43.5. The molecule has 6 N–H and O–H groups in total. The maximum Gasteiger partial charge on any atom is 0.311 e. The third-order valence-corrected chi connectivity index (χ3v) is 14.1. The van der Waals surface area contributed by atoms with Crippen LogP contribution in [0.3, 0.4) is 0 Å². The molecule has 4 aliphatic rings. The van der Waals surface area contributed by atoms with Crippen molar-refractivity contribution in [3.05, 3.63) is 0 Å². The van der Waals surface area contributed by atoms with Gasteiger partial charge in [0.2, 0.25) is 0 Å². The highest BCUT2D eigenvalue weighted by atomic mass is 16.7. The van der Waals surface area contributed by atoms with Gasteiger partial charge in [-0.25, -0.2) is 0 Å². The number of nitrogens with zero attached hydrogens (tertiary/aromatic N) is 2. The zero-order valence-electron chi connectivity index (χ0n) is 37.8. The molecule has 4 saturated heterocycles. The number of carbonyl (C=O) groups is 1. The smallest absolute Gasteiger partial charge is 0.311 e. The van der Waals surface area contributed by atoms with Crippen molar-refractivity contribution in [3.8, 4) is 0 Å². The van der Waals surface area contributed by atoms with Crippen molar-refractivity contribution in [1.82, 2.24) is 15.1 Å². The second-order valence-electron chi connectivity index (χ2n) is 19.4. The van der Waals surface area contributed by atoms with Crippen LogP contribution in [-0.2, 0) is 33.2 Å².